The van der Waals surface area contributed by atoms with Gasteiger partial charge in [-0.25, -0.2) is 0 Å². The molecule has 2 N–H and O–H groups in total. The molecule has 0 fully saturated rings. The van der Waals surface area contributed by atoms with Crippen molar-refractivity contribution in [2.24, 2.45) is 4.99 Å². The van der Waals surface area contributed by atoms with Crippen LogP contribution >= 0.6 is 34.8 Å². The molecular formula is C19H17Cl3N3O2Se. The second-order valence-corrected chi connectivity index (χ2v) is 8.64. The number of anilines is 1. The number of aliphatic imine (C=N–C) groups is 1. The summed E-state index contributed by atoms with van der Waals surface area (Å²) >= 11 is 20.7. The second-order valence-electron chi connectivity index (χ2n) is 5.46. The van der Waals surface area contributed by atoms with Gasteiger partial charge in [0.2, 0.25) is 0 Å². The van der Waals surface area contributed by atoms with Crippen molar-refractivity contribution >= 4 is 73.2 Å². The number of amidine groups is 1. The number of nitrogens with one attached hydrogen (secondary N) is 2. The number of carbonyl (C=O) groups is 1. The van der Waals surface area contributed by atoms with Crippen LogP contribution in [-0.2, 0) is 4.79 Å². The van der Waals surface area contributed by atoms with E-state index in [1.54, 1.807) is 25.3 Å². The molecule has 0 saturated carbocycles. The molecule has 0 heterocycles. The molecule has 0 aliphatic carbocycles. The number of carbonyl (C=O) groups excluding carboxylic acids is 1. The van der Waals surface area contributed by atoms with E-state index in [0.29, 0.717) is 16.2 Å². The zero-order valence-electron chi connectivity index (χ0n) is 14.7. The number of nitrogens with zero attached hydrogens (tertiary/aromatic N) is 1. The number of hydrogen-bond acceptors (Lipinski definition) is 3. The van der Waals surface area contributed by atoms with E-state index < -0.39 is 15.9 Å². The van der Waals surface area contributed by atoms with E-state index in [1.165, 1.54) is 6.08 Å². The Morgan fingerprint density at radius 2 is 1.79 bits per heavy atom. The van der Waals surface area contributed by atoms with Crippen LogP contribution in [0.2, 0.25) is 0 Å². The summed E-state index contributed by atoms with van der Waals surface area (Å²) in [5, 5.41) is 5.59. The Labute approximate surface area is 186 Å². The fourth-order valence-electron chi connectivity index (χ4n) is 2.12. The number of para-hydroxylation sites is 2. The quantitative estimate of drug-likeness (QED) is 0.204. The first-order chi connectivity index (χ1) is 13.3. The van der Waals surface area contributed by atoms with Crippen molar-refractivity contribution in [3.8, 4) is 5.75 Å². The van der Waals surface area contributed by atoms with Crippen molar-refractivity contribution in [2.75, 3.05) is 12.4 Å². The van der Waals surface area contributed by atoms with E-state index in [-0.39, 0.29) is 0 Å². The average Bonchev–Trinajstić information content (AvgIpc) is 2.66. The topological polar surface area (TPSA) is 62.7 Å². The number of rotatable bonds is 6. The molecule has 0 aliphatic heterocycles. The summed E-state index contributed by atoms with van der Waals surface area (Å²) in [6.45, 7) is 0. The van der Waals surface area contributed by atoms with E-state index in [2.05, 4.69) is 31.6 Å². The summed E-state index contributed by atoms with van der Waals surface area (Å²) in [7, 11) is 1.56. The van der Waals surface area contributed by atoms with Gasteiger partial charge in [-0.2, -0.15) is 0 Å². The van der Waals surface area contributed by atoms with Gasteiger partial charge in [0.25, 0.3) is 0 Å². The number of amides is 1. The molecule has 1 radical (unpaired) electrons. The van der Waals surface area contributed by atoms with E-state index in [1.807, 2.05) is 42.5 Å². The number of alkyl halides is 3. The van der Waals surface area contributed by atoms with Gasteiger partial charge in [-0.3, -0.25) is 0 Å². The fraction of sp³-hybridized carbons (Fsp3) is 0.158. The van der Waals surface area contributed by atoms with Gasteiger partial charge in [-0.1, -0.05) is 0 Å². The van der Waals surface area contributed by atoms with Gasteiger partial charge < -0.3 is 0 Å². The first-order valence-corrected chi connectivity index (χ1v) is 10.0. The van der Waals surface area contributed by atoms with Gasteiger partial charge in [0.15, 0.2) is 0 Å². The van der Waals surface area contributed by atoms with E-state index in [0.717, 1.165) is 5.56 Å². The Morgan fingerprint density at radius 3 is 2.43 bits per heavy atom. The summed E-state index contributed by atoms with van der Waals surface area (Å²) in [5.74, 6) is 0.166. The first kappa shape index (κ1) is 22.6. The van der Waals surface area contributed by atoms with Crippen molar-refractivity contribution in [3.63, 3.8) is 0 Å². The Morgan fingerprint density at radius 1 is 1.14 bits per heavy atom. The molecule has 1 atom stereocenters. The molecule has 1 amide bonds. The Kier molecular flexibility index (Phi) is 8.67. The minimum absolute atomic E-state index is 0.313. The van der Waals surface area contributed by atoms with Crippen LogP contribution in [0.3, 0.4) is 0 Å². The van der Waals surface area contributed by atoms with Gasteiger partial charge in [-0.15, -0.1) is 0 Å². The normalized spacial score (nSPS) is 13.2. The van der Waals surface area contributed by atoms with Crippen molar-refractivity contribution in [1.29, 1.82) is 0 Å². The Bertz CT molecular complexity index is 855. The minimum atomic E-state index is -1.85. The maximum atomic E-state index is 12.2. The van der Waals surface area contributed by atoms with Crippen LogP contribution in [0.4, 0.5) is 5.69 Å². The van der Waals surface area contributed by atoms with Crippen molar-refractivity contribution < 1.29 is 9.53 Å². The molecule has 147 valence electrons. The molecule has 2 rings (SSSR count). The Balaban J connectivity index is 2.11. The second kappa shape index (κ2) is 10.7. The number of methoxy groups -OCH3 is 1. The SMILES string of the molecule is COc1ccccc1NC([Se])=NC(NC(=O)/C=C/c1ccccc1)C(Cl)(Cl)Cl. The molecule has 2 aromatic carbocycles. The van der Waals surface area contributed by atoms with E-state index >= 15 is 0 Å². The number of benzene rings is 2. The van der Waals surface area contributed by atoms with Gasteiger partial charge >= 0.3 is 187 Å². The summed E-state index contributed by atoms with van der Waals surface area (Å²) in [5.41, 5.74) is 1.54. The van der Waals surface area contributed by atoms with Crippen LogP contribution in [0.5, 0.6) is 5.75 Å². The van der Waals surface area contributed by atoms with Crippen LogP contribution in [0.15, 0.2) is 65.7 Å². The van der Waals surface area contributed by atoms with Gasteiger partial charge in [0, 0.05) is 0 Å². The average molecular weight is 505 g/mol. The molecule has 2 aromatic rings. The van der Waals surface area contributed by atoms with Gasteiger partial charge in [0.1, 0.15) is 0 Å². The third-order valence-corrected chi connectivity index (χ3v) is 4.47. The molecule has 0 aromatic heterocycles. The number of halogens is 3. The van der Waals surface area contributed by atoms with Crippen LogP contribution in [-0.4, -0.2) is 43.7 Å². The van der Waals surface area contributed by atoms with Crippen molar-refractivity contribution in [2.45, 2.75) is 9.96 Å². The van der Waals surface area contributed by atoms with Crippen LogP contribution in [0, 0.1) is 0 Å². The molecular weight excluding hydrogens is 488 g/mol. The third kappa shape index (κ3) is 7.38. The fourth-order valence-corrected chi connectivity index (χ4v) is 2.88. The summed E-state index contributed by atoms with van der Waals surface area (Å²) in [4.78, 5) is 16.5. The molecule has 1 unspecified atom stereocenters. The van der Waals surface area contributed by atoms with Crippen molar-refractivity contribution in [3.05, 3.63) is 66.2 Å². The zero-order valence-corrected chi connectivity index (χ0v) is 18.7. The number of hydrogen-bond donors (Lipinski definition) is 2. The molecule has 5 nitrogen and oxygen atoms in total. The molecule has 0 bridgehead atoms. The first-order valence-electron chi connectivity index (χ1n) is 8.05. The monoisotopic (exact) mass is 504 g/mol. The van der Waals surface area contributed by atoms with Crippen LogP contribution < -0.4 is 15.4 Å². The molecule has 0 spiro atoms. The Hall–Kier alpha value is -1.69. The van der Waals surface area contributed by atoms with Gasteiger partial charge in [0.05, 0.1) is 0 Å². The van der Waals surface area contributed by atoms with E-state index in [4.69, 9.17) is 39.5 Å². The number of ether oxygens (including phenoxy) is 1. The van der Waals surface area contributed by atoms with Crippen LogP contribution in [0.25, 0.3) is 6.08 Å². The maximum absolute atomic E-state index is 12.2. The van der Waals surface area contributed by atoms with Crippen LogP contribution in [0.1, 0.15) is 5.56 Å². The van der Waals surface area contributed by atoms with Gasteiger partial charge in [-0.05, 0) is 0 Å². The standard InChI is InChI=1S/C19H17Cl3N3O2Se/c1-27-15-10-6-5-9-14(15)23-18(28)25-17(19(20,21)22)24-16(26)12-11-13-7-3-2-4-8-13/h2-12,17H,1H3,(H,23,25)(H,24,26)/b12-11+. The summed E-state index contributed by atoms with van der Waals surface area (Å²) in [6.07, 6.45) is 1.88. The molecule has 0 saturated heterocycles. The predicted molar refractivity (Wildman–Crippen MR) is 118 cm³/mol. The zero-order chi connectivity index (χ0) is 20.6. The molecule has 9 heteroatoms. The third-order valence-electron chi connectivity index (χ3n) is 3.41. The van der Waals surface area contributed by atoms with Crippen molar-refractivity contribution in [1.82, 2.24) is 5.32 Å². The molecule has 0 aliphatic rings. The summed E-state index contributed by atoms with van der Waals surface area (Å²) in [6, 6.07) is 16.6. The molecule has 28 heavy (non-hydrogen) atoms. The summed E-state index contributed by atoms with van der Waals surface area (Å²) < 4.78 is 3.73. The predicted octanol–water partition coefficient (Wildman–Crippen LogP) is 4.16. The van der Waals surface area contributed by atoms with E-state index in [9.17, 15) is 4.79 Å².